The van der Waals surface area contributed by atoms with Gasteiger partial charge < -0.3 is 14.2 Å². The third-order valence-electron chi connectivity index (χ3n) is 4.74. The van der Waals surface area contributed by atoms with Crippen LogP contribution in [0.15, 0.2) is 60.4 Å². The monoisotopic (exact) mass is 440 g/mol. The largest absolute Gasteiger partial charge is 0.497 e. The smallest absolute Gasteiger partial charge is 0.232 e. The molecule has 0 N–H and O–H groups in total. The minimum Gasteiger partial charge on any atom is -0.497 e. The fourth-order valence-corrected chi connectivity index (χ4v) is 3.71. The number of hydrogen-bond donors (Lipinski definition) is 0. The van der Waals surface area contributed by atoms with E-state index < -0.39 is 0 Å². The van der Waals surface area contributed by atoms with Crippen LogP contribution in [-0.2, 0) is 6.61 Å². The summed E-state index contributed by atoms with van der Waals surface area (Å²) in [5.74, 6) is 1.89. The number of carbonyl (C=O) groups excluding carboxylic acids is 1. The van der Waals surface area contributed by atoms with E-state index in [1.807, 2.05) is 43.3 Å². The second-order valence-electron chi connectivity index (χ2n) is 6.85. The van der Waals surface area contributed by atoms with Gasteiger partial charge in [-0.1, -0.05) is 41.4 Å². The van der Waals surface area contributed by atoms with Crippen LogP contribution in [0, 0.1) is 6.92 Å². The minimum atomic E-state index is -0.155. The van der Waals surface area contributed by atoms with Crippen LogP contribution >= 0.6 is 23.2 Å². The first-order valence-electron chi connectivity index (χ1n) is 9.24. The van der Waals surface area contributed by atoms with Crippen molar-refractivity contribution in [3.05, 3.63) is 92.7 Å². The summed E-state index contributed by atoms with van der Waals surface area (Å²) in [5.41, 5.74) is 2.96. The highest BCUT2D eigenvalue weighted by Crippen LogP contribution is 2.38. The molecule has 30 heavy (non-hydrogen) atoms. The molecule has 0 saturated carbocycles. The average molecular weight is 441 g/mol. The molecule has 4 rings (SSSR count). The summed E-state index contributed by atoms with van der Waals surface area (Å²) in [7, 11) is 1.60. The van der Waals surface area contributed by atoms with Crippen molar-refractivity contribution in [1.29, 1.82) is 0 Å². The quantitative estimate of drug-likeness (QED) is 0.424. The highest BCUT2D eigenvalue weighted by atomic mass is 35.5. The van der Waals surface area contributed by atoms with Gasteiger partial charge in [0.2, 0.25) is 5.78 Å². The first kappa shape index (κ1) is 20.3. The Hall–Kier alpha value is -2.95. The SMILES string of the molecule is COc1cccc(/C=C2\Oc3cc(OCc4ccc(Cl)cc4Cl)cc(C)c3C2=O)c1. The highest BCUT2D eigenvalue weighted by Gasteiger charge is 2.30. The van der Waals surface area contributed by atoms with E-state index in [0.717, 1.165) is 16.7 Å². The van der Waals surface area contributed by atoms with E-state index >= 15 is 0 Å². The topological polar surface area (TPSA) is 44.8 Å². The zero-order valence-electron chi connectivity index (χ0n) is 16.4. The van der Waals surface area contributed by atoms with Gasteiger partial charge in [0.15, 0.2) is 5.76 Å². The van der Waals surface area contributed by atoms with Crippen molar-refractivity contribution >= 4 is 35.1 Å². The van der Waals surface area contributed by atoms with E-state index in [1.54, 1.807) is 31.4 Å². The molecule has 1 heterocycles. The van der Waals surface area contributed by atoms with Gasteiger partial charge in [0.05, 0.1) is 12.7 Å². The molecular formula is C24H18Cl2O4. The lowest BCUT2D eigenvalue weighted by molar-refractivity contribution is 0.101. The van der Waals surface area contributed by atoms with Gasteiger partial charge in [0, 0.05) is 21.7 Å². The predicted octanol–water partition coefficient (Wildman–Crippen LogP) is 6.51. The lowest BCUT2D eigenvalue weighted by atomic mass is 10.0. The number of ether oxygens (including phenoxy) is 3. The molecule has 0 saturated heterocycles. The van der Waals surface area contributed by atoms with Crippen LogP contribution in [0.5, 0.6) is 17.2 Å². The molecule has 0 fully saturated rings. The van der Waals surface area contributed by atoms with E-state index in [-0.39, 0.29) is 18.1 Å². The molecule has 0 spiro atoms. The number of ketones is 1. The van der Waals surface area contributed by atoms with Gasteiger partial charge in [-0.2, -0.15) is 0 Å². The molecule has 3 aromatic carbocycles. The molecule has 0 radical (unpaired) electrons. The summed E-state index contributed by atoms with van der Waals surface area (Å²) < 4.78 is 17.0. The first-order valence-corrected chi connectivity index (χ1v) is 10.00. The van der Waals surface area contributed by atoms with Crippen LogP contribution in [0.25, 0.3) is 6.08 Å². The molecule has 6 heteroatoms. The Labute approximate surface area is 184 Å². The number of allylic oxidation sites excluding steroid dienone is 1. The lowest BCUT2D eigenvalue weighted by Gasteiger charge is -2.10. The van der Waals surface area contributed by atoms with Gasteiger partial charge >= 0.3 is 0 Å². The average Bonchev–Trinajstić information content (AvgIpc) is 3.03. The molecule has 0 unspecified atom stereocenters. The van der Waals surface area contributed by atoms with Gasteiger partial charge in [-0.15, -0.1) is 0 Å². The van der Waals surface area contributed by atoms with Gasteiger partial charge in [-0.25, -0.2) is 0 Å². The Kier molecular flexibility index (Phi) is 5.71. The molecule has 1 aliphatic rings. The van der Waals surface area contributed by atoms with Crippen molar-refractivity contribution in [3.63, 3.8) is 0 Å². The van der Waals surface area contributed by atoms with Crippen molar-refractivity contribution in [2.45, 2.75) is 13.5 Å². The van der Waals surface area contributed by atoms with Gasteiger partial charge in [-0.3, -0.25) is 4.79 Å². The number of aryl methyl sites for hydroxylation is 1. The number of benzene rings is 3. The number of rotatable bonds is 5. The van der Waals surface area contributed by atoms with Crippen molar-refractivity contribution in [1.82, 2.24) is 0 Å². The summed E-state index contributed by atoms with van der Waals surface area (Å²) in [4.78, 5) is 12.8. The molecular weight excluding hydrogens is 423 g/mol. The Morgan fingerprint density at radius 2 is 1.87 bits per heavy atom. The summed E-state index contributed by atoms with van der Waals surface area (Å²) in [6.45, 7) is 2.13. The van der Waals surface area contributed by atoms with Crippen LogP contribution in [0.2, 0.25) is 10.0 Å². The maximum Gasteiger partial charge on any atom is 0.232 e. The highest BCUT2D eigenvalue weighted by molar-refractivity contribution is 6.35. The predicted molar refractivity (Wildman–Crippen MR) is 118 cm³/mol. The van der Waals surface area contributed by atoms with Gasteiger partial charge in [0.25, 0.3) is 0 Å². The van der Waals surface area contributed by atoms with E-state index in [1.165, 1.54) is 0 Å². The molecule has 152 valence electrons. The number of Topliss-reactive ketones (excluding diaryl/α,β-unsaturated/α-hetero) is 1. The minimum absolute atomic E-state index is 0.155. The molecule has 0 bridgehead atoms. The molecule has 1 aliphatic heterocycles. The Bertz CT molecular complexity index is 1170. The maximum absolute atomic E-state index is 12.8. The van der Waals surface area contributed by atoms with Crippen molar-refractivity contribution < 1.29 is 19.0 Å². The lowest BCUT2D eigenvalue weighted by Crippen LogP contribution is -2.00. The van der Waals surface area contributed by atoms with Crippen LogP contribution < -0.4 is 14.2 Å². The zero-order chi connectivity index (χ0) is 21.3. The van der Waals surface area contributed by atoms with Gasteiger partial charge in [-0.05, 0) is 54.5 Å². The van der Waals surface area contributed by atoms with E-state index in [2.05, 4.69) is 0 Å². The van der Waals surface area contributed by atoms with Crippen LogP contribution in [0.1, 0.15) is 27.0 Å². The number of hydrogen-bond acceptors (Lipinski definition) is 4. The molecule has 0 aromatic heterocycles. The number of fused-ring (bicyclic) bond motifs is 1. The normalized spacial score (nSPS) is 13.9. The summed E-state index contributed by atoms with van der Waals surface area (Å²) in [5, 5.41) is 1.11. The molecule has 0 amide bonds. The van der Waals surface area contributed by atoms with Crippen LogP contribution in [0.4, 0.5) is 0 Å². The van der Waals surface area contributed by atoms with Crippen LogP contribution in [0.3, 0.4) is 0 Å². The van der Waals surface area contributed by atoms with E-state index in [4.69, 9.17) is 37.4 Å². The molecule has 3 aromatic rings. The standard InChI is InChI=1S/C24H18Cl2O4/c1-14-8-19(29-13-16-6-7-17(25)11-20(16)26)12-21-23(14)24(27)22(30-21)10-15-4-3-5-18(9-15)28-2/h3-12H,13H2,1-2H3/b22-10-. The fraction of sp³-hybridized carbons (Fsp3) is 0.125. The zero-order valence-corrected chi connectivity index (χ0v) is 17.9. The number of carbonyl (C=O) groups is 1. The first-order chi connectivity index (χ1) is 14.4. The van der Waals surface area contributed by atoms with Gasteiger partial charge in [0.1, 0.15) is 23.9 Å². The van der Waals surface area contributed by atoms with Crippen molar-refractivity contribution in [2.75, 3.05) is 7.11 Å². The van der Waals surface area contributed by atoms with Crippen molar-refractivity contribution in [2.24, 2.45) is 0 Å². The fourth-order valence-electron chi connectivity index (χ4n) is 3.24. The molecule has 0 aliphatic carbocycles. The number of methoxy groups -OCH3 is 1. The third-order valence-corrected chi connectivity index (χ3v) is 5.33. The third kappa shape index (κ3) is 4.16. The Balaban J connectivity index is 1.57. The Morgan fingerprint density at radius 1 is 1.03 bits per heavy atom. The summed E-state index contributed by atoms with van der Waals surface area (Å²) in [6, 6.07) is 16.2. The van der Waals surface area contributed by atoms with E-state index in [9.17, 15) is 4.79 Å². The summed E-state index contributed by atoms with van der Waals surface area (Å²) in [6.07, 6.45) is 1.71. The second-order valence-corrected chi connectivity index (χ2v) is 7.70. The number of halogens is 2. The Morgan fingerprint density at radius 3 is 2.63 bits per heavy atom. The van der Waals surface area contributed by atoms with Crippen molar-refractivity contribution in [3.8, 4) is 17.2 Å². The maximum atomic E-state index is 12.8. The van der Waals surface area contributed by atoms with E-state index in [0.29, 0.717) is 32.9 Å². The molecule has 0 atom stereocenters. The molecule has 4 nitrogen and oxygen atoms in total. The second kappa shape index (κ2) is 8.42. The summed E-state index contributed by atoms with van der Waals surface area (Å²) >= 11 is 12.1. The van der Waals surface area contributed by atoms with Crippen LogP contribution in [-0.4, -0.2) is 12.9 Å².